The summed E-state index contributed by atoms with van der Waals surface area (Å²) in [4.78, 5) is 18.3. The number of carbonyl (C=O) groups excluding carboxylic acids is 1. The number of carbonyl (C=O) groups is 1. The molecule has 122 valence electrons. The molecule has 0 atom stereocenters. The molecule has 1 amide bonds. The Hall–Kier alpha value is -1.81. The fourth-order valence-electron chi connectivity index (χ4n) is 3.22. The highest BCUT2D eigenvalue weighted by Gasteiger charge is 2.21. The molecule has 2 heterocycles. The number of rotatable bonds is 5. The highest BCUT2D eigenvalue weighted by atomic mass is 32.1. The van der Waals surface area contributed by atoms with Crippen LogP contribution in [-0.4, -0.2) is 30.4 Å². The van der Waals surface area contributed by atoms with Crippen LogP contribution in [0.1, 0.15) is 29.3 Å². The number of hydrogen-bond donors (Lipinski definition) is 0. The molecule has 0 unspecified atom stereocenters. The van der Waals surface area contributed by atoms with Crippen molar-refractivity contribution in [3.63, 3.8) is 0 Å². The Morgan fingerprint density at radius 1 is 1.30 bits per heavy atom. The van der Waals surface area contributed by atoms with E-state index < -0.39 is 0 Å². The van der Waals surface area contributed by atoms with Crippen molar-refractivity contribution in [3.8, 4) is 0 Å². The quantitative estimate of drug-likeness (QED) is 0.832. The first kappa shape index (κ1) is 16.1. The molecular weight excluding hydrogens is 304 g/mol. The molecule has 0 radical (unpaired) electrons. The van der Waals surface area contributed by atoms with Gasteiger partial charge in [0.1, 0.15) is 0 Å². The number of para-hydroxylation sites is 1. The van der Waals surface area contributed by atoms with Crippen LogP contribution >= 0.6 is 11.3 Å². The van der Waals surface area contributed by atoms with Crippen LogP contribution in [0.2, 0.25) is 0 Å². The number of hydrogen-bond acceptors (Lipinski definition) is 3. The second-order valence-electron chi connectivity index (χ2n) is 6.05. The van der Waals surface area contributed by atoms with Crippen molar-refractivity contribution < 1.29 is 4.79 Å². The summed E-state index contributed by atoms with van der Waals surface area (Å²) < 4.78 is 0. The standard InChI is InChI=1S/C19H24N2OS/c1-3-20(17-7-5-4-6-15(17)2)12-9-19(22)21-11-8-18-16(14-21)10-13-23-18/h4-7,10,13H,3,8-9,11-12,14H2,1-2H3. The average Bonchev–Trinajstić information content (AvgIpc) is 3.04. The Kier molecular flexibility index (Phi) is 5.01. The number of aryl methyl sites for hydroxylation is 1. The van der Waals surface area contributed by atoms with Gasteiger partial charge in [0.2, 0.25) is 5.91 Å². The fourth-order valence-corrected chi connectivity index (χ4v) is 4.11. The summed E-state index contributed by atoms with van der Waals surface area (Å²) >= 11 is 1.81. The topological polar surface area (TPSA) is 23.6 Å². The van der Waals surface area contributed by atoms with Crippen LogP contribution in [0.25, 0.3) is 0 Å². The number of amides is 1. The van der Waals surface area contributed by atoms with Crippen LogP contribution in [0.3, 0.4) is 0 Å². The van der Waals surface area contributed by atoms with Gasteiger partial charge in [0.15, 0.2) is 0 Å². The smallest absolute Gasteiger partial charge is 0.224 e. The maximum Gasteiger partial charge on any atom is 0.224 e. The van der Waals surface area contributed by atoms with Gasteiger partial charge in [-0.2, -0.15) is 0 Å². The van der Waals surface area contributed by atoms with E-state index in [2.05, 4.69) is 54.5 Å². The maximum absolute atomic E-state index is 12.6. The molecule has 0 bridgehead atoms. The lowest BCUT2D eigenvalue weighted by Gasteiger charge is -2.29. The molecule has 0 aliphatic carbocycles. The molecule has 1 aliphatic rings. The van der Waals surface area contributed by atoms with Crippen LogP contribution in [0, 0.1) is 6.92 Å². The van der Waals surface area contributed by atoms with Crippen LogP contribution in [0.15, 0.2) is 35.7 Å². The molecular formula is C19H24N2OS. The molecule has 4 heteroatoms. The van der Waals surface area contributed by atoms with Crippen molar-refractivity contribution in [2.45, 2.75) is 33.2 Å². The molecule has 0 spiro atoms. The number of benzene rings is 1. The molecule has 1 aliphatic heterocycles. The summed E-state index contributed by atoms with van der Waals surface area (Å²) in [6.07, 6.45) is 1.59. The predicted molar refractivity (Wildman–Crippen MR) is 97.1 cm³/mol. The van der Waals surface area contributed by atoms with E-state index >= 15 is 0 Å². The molecule has 3 rings (SSSR count). The van der Waals surface area contributed by atoms with Crippen molar-refractivity contribution in [1.29, 1.82) is 0 Å². The van der Waals surface area contributed by atoms with E-state index in [0.717, 1.165) is 32.6 Å². The Bertz CT molecular complexity index is 680. The van der Waals surface area contributed by atoms with E-state index in [1.54, 1.807) is 0 Å². The van der Waals surface area contributed by atoms with Crippen molar-refractivity contribution in [2.24, 2.45) is 0 Å². The molecule has 1 aromatic carbocycles. The van der Waals surface area contributed by atoms with E-state index in [0.29, 0.717) is 6.42 Å². The van der Waals surface area contributed by atoms with Crippen LogP contribution in [0.4, 0.5) is 5.69 Å². The number of thiophene rings is 1. The van der Waals surface area contributed by atoms with E-state index in [-0.39, 0.29) is 5.91 Å². The summed E-state index contributed by atoms with van der Waals surface area (Å²) in [5, 5.41) is 2.13. The minimum atomic E-state index is 0.272. The Labute approximate surface area is 142 Å². The monoisotopic (exact) mass is 328 g/mol. The van der Waals surface area contributed by atoms with Gasteiger partial charge in [0, 0.05) is 43.2 Å². The molecule has 1 aromatic heterocycles. The van der Waals surface area contributed by atoms with Crippen LogP contribution < -0.4 is 4.90 Å². The van der Waals surface area contributed by atoms with E-state index in [1.165, 1.54) is 21.7 Å². The maximum atomic E-state index is 12.6. The van der Waals surface area contributed by atoms with Crippen LogP contribution in [-0.2, 0) is 17.8 Å². The van der Waals surface area contributed by atoms with Crippen molar-refractivity contribution >= 4 is 22.9 Å². The molecule has 3 nitrogen and oxygen atoms in total. The third kappa shape index (κ3) is 3.58. The molecule has 0 fully saturated rings. The second-order valence-corrected chi connectivity index (χ2v) is 7.05. The zero-order valence-electron chi connectivity index (χ0n) is 13.9. The summed E-state index contributed by atoms with van der Waals surface area (Å²) in [5.41, 5.74) is 3.84. The average molecular weight is 328 g/mol. The summed E-state index contributed by atoms with van der Waals surface area (Å²) in [5.74, 6) is 0.272. The third-order valence-corrected chi connectivity index (χ3v) is 5.62. The zero-order chi connectivity index (χ0) is 16.2. The Morgan fingerprint density at radius 3 is 2.91 bits per heavy atom. The minimum absolute atomic E-state index is 0.272. The summed E-state index contributed by atoms with van der Waals surface area (Å²) in [7, 11) is 0. The van der Waals surface area contributed by atoms with Gasteiger partial charge in [-0.3, -0.25) is 4.79 Å². The first-order chi connectivity index (χ1) is 11.2. The van der Waals surface area contributed by atoms with Crippen molar-refractivity contribution in [1.82, 2.24) is 4.90 Å². The van der Waals surface area contributed by atoms with Gasteiger partial charge in [-0.1, -0.05) is 18.2 Å². The second kappa shape index (κ2) is 7.18. The first-order valence-electron chi connectivity index (χ1n) is 8.32. The predicted octanol–water partition coefficient (Wildman–Crippen LogP) is 3.86. The highest BCUT2D eigenvalue weighted by molar-refractivity contribution is 7.10. The number of fused-ring (bicyclic) bond motifs is 1. The SMILES string of the molecule is CCN(CCC(=O)N1CCc2sccc2C1)c1ccccc1C. The van der Waals surface area contributed by atoms with Crippen molar-refractivity contribution in [2.75, 3.05) is 24.5 Å². The molecule has 0 saturated carbocycles. The molecule has 0 saturated heterocycles. The largest absolute Gasteiger partial charge is 0.371 e. The minimum Gasteiger partial charge on any atom is -0.371 e. The van der Waals surface area contributed by atoms with Gasteiger partial charge in [-0.15, -0.1) is 11.3 Å². The zero-order valence-corrected chi connectivity index (χ0v) is 14.7. The molecule has 23 heavy (non-hydrogen) atoms. The van der Waals surface area contributed by atoms with E-state index in [1.807, 2.05) is 16.2 Å². The number of anilines is 1. The fraction of sp³-hybridized carbons (Fsp3) is 0.421. The third-order valence-electron chi connectivity index (χ3n) is 4.59. The Morgan fingerprint density at radius 2 is 2.13 bits per heavy atom. The van der Waals surface area contributed by atoms with Crippen molar-refractivity contribution in [3.05, 3.63) is 51.7 Å². The summed E-state index contributed by atoms with van der Waals surface area (Å²) in [6, 6.07) is 10.6. The molecule has 2 aromatic rings. The van der Waals surface area contributed by atoms with Gasteiger partial charge < -0.3 is 9.80 Å². The van der Waals surface area contributed by atoms with Gasteiger partial charge in [-0.25, -0.2) is 0 Å². The Balaban J connectivity index is 1.59. The summed E-state index contributed by atoms with van der Waals surface area (Å²) in [6.45, 7) is 7.63. The van der Waals surface area contributed by atoms with Gasteiger partial charge >= 0.3 is 0 Å². The first-order valence-corrected chi connectivity index (χ1v) is 9.20. The van der Waals surface area contributed by atoms with Gasteiger partial charge in [0.05, 0.1) is 0 Å². The van der Waals surface area contributed by atoms with Crippen LogP contribution in [0.5, 0.6) is 0 Å². The van der Waals surface area contributed by atoms with E-state index in [4.69, 9.17) is 0 Å². The lowest BCUT2D eigenvalue weighted by molar-refractivity contribution is -0.131. The number of nitrogens with zero attached hydrogens (tertiary/aromatic N) is 2. The highest BCUT2D eigenvalue weighted by Crippen LogP contribution is 2.25. The van der Waals surface area contributed by atoms with Gasteiger partial charge in [0.25, 0.3) is 0 Å². The lowest BCUT2D eigenvalue weighted by atomic mass is 10.1. The molecule has 0 N–H and O–H groups in total. The normalized spacial score (nSPS) is 13.7. The van der Waals surface area contributed by atoms with E-state index in [9.17, 15) is 4.79 Å². The van der Waals surface area contributed by atoms with Gasteiger partial charge in [-0.05, 0) is 48.9 Å². The lowest BCUT2D eigenvalue weighted by Crippen LogP contribution is -2.37.